The van der Waals surface area contributed by atoms with Gasteiger partial charge in [0.2, 0.25) is 0 Å². The number of aliphatic carboxylic acids is 1. The number of halogens is 3. The second-order valence-electron chi connectivity index (χ2n) is 7.22. The summed E-state index contributed by atoms with van der Waals surface area (Å²) in [6.45, 7) is 3.29. The van der Waals surface area contributed by atoms with Gasteiger partial charge in [0.1, 0.15) is 6.04 Å². The number of benzene rings is 2. The van der Waals surface area contributed by atoms with Crippen molar-refractivity contribution in [1.82, 2.24) is 10.2 Å². The largest absolute Gasteiger partial charge is 0.480 e. The maximum Gasteiger partial charge on any atom is 0.326 e. The van der Waals surface area contributed by atoms with E-state index in [0.29, 0.717) is 22.2 Å². The molecule has 0 aromatic heterocycles. The maximum absolute atomic E-state index is 12.0. The van der Waals surface area contributed by atoms with Crippen molar-refractivity contribution in [3.8, 4) is 0 Å². The van der Waals surface area contributed by atoms with Gasteiger partial charge in [0, 0.05) is 34.7 Å². The van der Waals surface area contributed by atoms with E-state index >= 15 is 0 Å². The third-order valence-corrected chi connectivity index (χ3v) is 5.63. The molecule has 2 unspecified atom stereocenters. The number of hydrogen-bond donors (Lipinski definition) is 3. The zero-order chi connectivity index (χ0) is 21.1. The number of urea groups is 1. The summed E-state index contributed by atoms with van der Waals surface area (Å²) >= 11 is 12.7. The highest BCUT2D eigenvalue weighted by Gasteiger charge is 2.27. The molecule has 0 saturated heterocycles. The minimum absolute atomic E-state index is 0. The molecule has 3 N–H and O–H groups in total. The Balaban J connectivity index is 0.00000320. The first-order valence-electron chi connectivity index (χ1n) is 9.35. The average Bonchev–Trinajstić information content (AvgIpc) is 2.66. The summed E-state index contributed by atoms with van der Waals surface area (Å²) in [5.74, 6) is -0.949. The molecule has 2 aromatic rings. The number of anilines is 1. The van der Waals surface area contributed by atoms with Crippen molar-refractivity contribution in [3.05, 3.63) is 63.1 Å². The predicted molar refractivity (Wildman–Crippen MR) is 122 cm³/mol. The molecule has 2 atom stereocenters. The number of nitrogens with zero attached hydrogens (tertiary/aromatic N) is 1. The molecule has 2 amide bonds. The number of hydrogen-bond acceptors (Lipinski definition) is 3. The van der Waals surface area contributed by atoms with Gasteiger partial charge in [0.05, 0.1) is 0 Å². The summed E-state index contributed by atoms with van der Waals surface area (Å²) in [7, 11) is 2.05. The van der Waals surface area contributed by atoms with E-state index in [0.717, 1.165) is 29.8 Å². The summed E-state index contributed by atoms with van der Waals surface area (Å²) in [6, 6.07) is 9.78. The van der Waals surface area contributed by atoms with Crippen LogP contribution in [0.1, 0.15) is 36.0 Å². The van der Waals surface area contributed by atoms with Crippen molar-refractivity contribution in [2.75, 3.05) is 18.9 Å². The molecular formula is C21H24Cl3N3O3. The lowest BCUT2D eigenvalue weighted by molar-refractivity contribution is -0.139. The Labute approximate surface area is 192 Å². The fourth-order valence-electron chi connectivity index (χ4n) is 3.59. The molecule has 0 radical (unpaired) electrons. The topological polar surface area (TPSA) is 81.7 Å². The molecule has 1 heterocycles. The van der Waals surface area contributed by atoms with E-state index in [1.807, 2.05) is 25.2 Å². The highest BCUT2D eigenvalue weighted by molar-refractivity contribution is 6.35. The number of carboxylic acids is 1. The van der Waals surface area contributed by atoms with Crippen molar-refractivity contribution in [2.45, 2.75) is 31.8 Å². The molecule has 1 aliphatic rings. The Bertz CT molecular complexity index is 922. The SMILES string of the molecule is CCC(NC(=O)Nc1ccc(C2CN(C)Cc3c(Cl)cc(Cl)cc32)cc1)C(=O)O.Cl. The van der Waals surface area contributed by atoms with E-state index in [1.54, 1.807) is 25.1 Å². The average molecular weight is 473 g/mol. The standard InChI is InChI=1S/C21H23Cl2N3O3.ClH/c1-3-19(20(27)28)25-21(29)24-14-6-4-12(5-7-14)16-10-26(2)11-17-15(16)8-13(22)9-18(17)23;/h4-9,16,19H,3,10-11H2,1-2H3,(H,27,28)(H2,24,25,29);1H. The van der Waals surface area contributed by atoms with Crippen molar-refractivity contribution >= 4 is 53.3 Å². The first kappa shape index (κ1) is 24.3. The van der Waals surface area contributed by atoms with Crippen molar-refractivity contribution in [2.24, 2.45) is 0 Å². The smallest absolute Gasteiger partial charge is 0.326 e. The van der Waals surface area contributed by atoms with E-state index in [-0.39, 0.29) is 18.3 Å². The van der Waals surface area contributed by atoms with E-state index < -0.39 is 18.0 Å². The molecule has 0 saturated carbocycles. The summed E-state index contributed by atoms with van der Waals surface area (Å²) in [6.07, 6.45) is 0.307. The third-order valence-electron chi connectivity index (χ3n) is 5.08. The quantitative estimate of drug-likeness (QED) is 0.573. The van der Waals surface area contributed by atoms with Crippen LogP contribution in [0.25, 0.3) is 0 Å². The highest BCUT2D eigenvalue weighted by Crippen LogP contribution is 2.38. The highest BCUT2D eigenvalue weighted by atomic mass is 35.5. The number of fused-ring (bicyclic) bond motifs is 1. The summed E-state index contributed by atoms with van der Waals surface area (Å²) in [4.78, 5) is 25.3. The second kappa shape index (κ2) is 10.4. The van der Waals surface area contributed by atoms with Crippen molar-refractivity contribution in [1.29, 1.82) is 0 Å². The monoisotopic (exact) mass is 471 g/mol. The van der Waals surface area contributed by atoms with E-state index in [1.165, 1.54) is 0 Å². The molecule has 30 heavy (non-hydrogen) atoms. The Morgan fingerprint density at radius 1 is 1.23 bits per heavy atom. The number of carbonyl (C=O) groups is 2. The summed E-state index contributed by atoms with van der Waals surface area (Å²) < 4.78 is 0. The Morgan fingerprint density at radius 3 is 2.50 bits per heavy atom. The fourth-order valence-corrected chi connectivity index (χ4v) is 4.16. The van der Waals surface area contributed by atoms with Crippen LogP contribution in [0, 0.1) is 0 Å². The van der Waals surface area contributed by atoms with E-state index in [9.17, 15) is 9.59 Å². The molecule has 1 aliphatic heterocycles. The summed E-state index contributed by atoms with van der Waals surface area (Å²) in [5.41, 5.74) is 3.86. The number of carboxylic acid groups (broad SMARTS) is 1. The van der Waals surface area contributed by atoms with Crippen LogP contribution in [0.2, 0.25) is 10.0 Å². The molecule has 0 bridgehead atoms. The first-order valence-corrected chi connectivity index (χ1v) is 10.1. The van der Waals surface area contributed by atoms with Crippen LogP contribution in [0.3, 0.4) is 0 Å². The van der Waals surface area contributed by atoms with Gasteiger partial charge in [-0.2, -0.15) is 0 Å². The second-order valence-corrected chi connectivity index (χ2v) is 8.07. The van der Waals surface area contributed by atoms with Gasteiger partial charge in [-0.1, -0.05) is 42.3 Å². The molecule has 3 rings (SSSR count). The Kier molecular flexibility index (Phi) is 8.38. The Morgan fingerprint density at radius 2 is 1.90 bits per heavy atom. The third kappa shape index (κ3) is 5.58. The molecule has 0 spiro atoms. The lowest BCUT2D eigenvalue weighted by atomic mass is 9.85. The van der Waals surface area contributed by atoms with Crippen LogP contribution in [0.4, 0.5) is 10.5 Å². The number of amides is 2. The predicted octanol–water partition coefficient (Wildman–Crippen LogP) is 4.98. The Hall–Kier alpha value is -1.99. The van der Waals surface area contributed by atoms with Crippen LogP contribution < -0.4 is 10.6 Å². The van der Waals surface area contributed by atoms with Gasteiger partial charge in [-0.05, 0) is 54.4 Å². The number of rotatable bonds is 5. The normalized spacial score (nSPS) is 16.7. The molecule has 6 nitrogen and oxygen atoms in total. The summed E-state index contributed by atoms with van der Waals surface area (Å²) in [5, 5.41) is 15.4. The molecule has 0 fully saturated rings. The number of nitrogens with one attached hydrogen (secondary N) is 2. The van der Waals surface area contributed by atoms with Gasteiger partial charge < -0.3 is 20.6 Å². The number of likely N-dealkylation sites (N-methyl/N-ethyl adjacent to an activating group) is 1. The zero-order valence-electron chi connectivity index (χ0n) is 16.6. The molecular weight excluding hydrogens is 449 g/mol. The fraction of sp³-hybridized carbons (Fsp3) is 0.333. The van der Waals surface area contributed by atoms with Crippen LogP contribution >= 0.6 is 35.6 Å². The minimum Gasteiger partial charge on any atom is -0.480 e. The van der Waals surface area contributed by atoms with Crippen LogP contribution in [-0.4, -0.2) is 41.6 Å². The lowest BCUT2D eigenvalue weighted by Gasteiger charge is -2.33. The van der Waals surface area contributed by atoms with Crippen molar-refractivity contribution < 1.29 is 14.7 Å². The van der Waals surface area contributed by atoms with Gasteiger partial charge in [-0.25, -0.2) is 9.59 Å². The van der Waals surface area contributed by atoms with E-state index in [2.05, 4.69) is 15.5 Å². The van der Waals surface area contributed by atoms with Crippen LogP contribution in [0.5, 0.6) is 0 Å². The van der Waals surface area contributed by atoms with Crippen molar-refractivity contribution in [3.63, 3.8) is 0 Å². The molecule has 162 valence electrons. The first-order chi connectivity index (χ1) is 13.8. The van der Waals surface area contributed by atoms with Crippen LogP contribution in [0.15, 0.2) is 36.4 Å². The maximum atomic E-state index is 12.0. The van der Waals surface area contributed by atoms with Gasteiger partial charge in [-0.3, -0.25) is 0 Å². The number of carbonyl (C=O) groups excluding carboxylic acids is 1. The van der Waals surface area contributed by atoms with E-state index in [4.69, 9.17) is 28.3 Å². The molecule has 0 aliphatic carbocycles. The van der Waals surface area contributed by atoms with Gasteiger partial charge in [-0.15, -0.1) is 12.4 Å². The molecule has 9 heteroatoms. The van der Waals surface area contributed by atoms with Gasteiger partial charge >= 0.3 is 12.0 Å². The minimum atomic E-state index is -1.06. The lowest BCUT2D eigenvalue weighted by Crippen LogP contribution is -2.42. The van der Waals surface area contributed by atoms with Gasteiger partial charge in [0.15, 0.2) is 0 Å². The van der Waals surface area contributed by atoms with Crippen LogP contribution in [-0.2, 0) is 11.3 Å². The zero-order valence-corrected chi connectivity index (χ0v) is 18.9. The van der Waals surface area contributed by atoms with Gasteiger partial charge in [0.25, 0.3) is 0 Å². The molecule has 2 aromatic carbocycles.